The van der Waals surface area contributed by atoms with Crippen LogP contribution in [0.5, 0.6) is 0 Å². The van der Waals surface area contributed by atoms with E-state index in [0.717, 1.165) is 7.85 Å². The highest BCUT2D eigenvalue weighted by atomic mass is 127. The van der Waals surface area contributed by atoms with E-state index in [4.69, 9.17) is 0 Å². The van der Waals surface area contributed by atoms with Gasteiger partial charge in [-0.25, -0.2) is 0 Å². The second-order valence-corrected chi connectivity index (χ2v) is 5.19. The Morgan fingerprint density at radius 2 is 1.38 bits per heavy atom. The van der Waals surface area contributed by atoms with E-state index in [1.54, 1.807) is 0 Å². The molecular weight excluding hydrogens is 326 g/mol. The summed E-state index contributed by atoms with van der Waals surface area (Å²) in [6.45, 7) is 0. The van der Waals surface area contributed by atoms with Crippen LogP contribution in [0, 0.1) is 0 Å². The fourth-order valence-electron chi connectivity index (χ4n) is 0.752. The molecule has 0 aromatic rings. The molecule has 1 aliphatic rings. The number of allylic oxidation sites excluding steroid dienone is 2. The molecule has 0 amide bonds. The van der Waals surface area contributed by atoms with E-state index < -0.39 is 0 Å². The molecule has 0 aromatic heterocycles. The van der Waals surface area contributed by atoms with Crippen LogP contribution in [-0.2, 0) is 0 Å². The zero-order valence-corrected chi connectivity index (χ0v) is 8.79. The largest absolute Gasteiger partial charge is 0.0781 e. The van der Waals surface area contributed by atoms with Crippen molar-refractivity contribution in [1.82, 2.24) is 0 Å². The monoisotopic (exact) mass is 334 g/mol. The normalized spacial score (nSPS) is 37.8. The number of halogens is 2. The predicted octanol–water partition coefficient (Wildman–Crippen LogP) is 2.94. The lowest BCUT2D eigenvalue weighted by molar-refractivity contribution is 0.781. The molecule has 0 bridgehead atoms. The van der Waals surface area contributed by atoms with E-state index in [1.807, 2.05) is 0 Å². The van der Waals surface area contributed by atoms with Crippen molar-refractivity contribution in [1.29, 1.82) is 0 Å². The van der Waals surface area contributed by atoms with Crippen LogP contribution in [0.15, 0.2) is 12.2 Å². The molecule has 0 saturated heterocycles. The lowest BCUT2D eigenvalue weighted by Crippen LogP contribution is -2.05. The van der Waals surface area contributed by atoms with Crippen LogP contribution in [0.3, 0.4) is 0 Å². The van der Waals surface area contributed by atoms with Gasteiger partial charge in [0.25, 0.3) is 0 Å². The third kappa shape index (κ3) is 2.21. The van der Waals surface area contributed by atoms with Crippen LogP contribution in [-0.4, -0.2) is 7.85 Å². The summed E-state index contributed by atoms with van der Waals surface area (Å²) in [5, 5.41) is 0. The smallest absolute Gasteiger partial charge is 0.0290 e. The van der Waals surface area contributed by atoms with E-state index >= 15 is 0 Å². The molecule has 0 aromatic carbocycles. The Hall–Kier alpha value is 1.20. The maximum atomic E-state index is 2.48. The molecule has 0 N–H and O–H groups in total. The third-order valence-electron chi connectivity index (χ3n) is 1.25. The van der Waals surface area contributed by atoms with Gasteiger partial charge in [-0.3, -0.25) is 0 Å². The first kappa shape index (κ1) is 7.31. The van der Waals surface area contributed by atoms with Crippen LogP contribution in [0.25, 0.3) is 0 Å². The van der Waals surface area contributed by atoms with Crippen molar-refractivity contribution in [2.24, 2.45) is 0 Å². The van der Waals surface area contributed by atoms with Gasteiger partial charge < -0.3 is 0 Å². The highest BCUT2D eigenvalue weighted by molar-refractivity contribution is 14.1. The maximum absolute atomic E-state index is 2.48. The summed E-state index contributed by atoms with van der Waals surface area (Å²) < 4.78 is 1.61. The summed E-state index contributed by atoms with van der Waals surface area (Å²) >= 11 is 4.95. The zero-order valence-electron chi connectivity index (χ0n) is 4.48. The molecule has 0 heterocycles. The van der Waals surface area contributed by atoms with Crippen molar-refractivity contribution < 1.29 is 0 Å². The number of hydrogen-bond acceptors (Lipinski definition) is 0. The maximum Gasteiger partial charge on any atom is 0.0290 e. The molecule has 2 heteroatoms. The average molecular weight is 334 g/mol. The Bertz CT molecular complexity index is 86.7. The van der Waals surface area contributed by atoms with Gasteiger partial charge in [0.1, 0.15) is 0 Å². The molecule has 0 saturated carbocycles. The minimum atomic E-state index is 0.804. The minimum absolute atomic E-state index is 0.804. The van der Waals surface area contributed by atoms with Gasteiger partial charge in [-0.15, -0.1) is 0 Å². The summed E-state index contributed by atoms with van der Waals surface area (Å²) in [7, 11) is 0. The Morgan fingerprint density at radius 1 is 1.00 bits per heavy atom. The van der Waals surface area contributed by atoms with E-state index in [-0.39, 0.29) is 0 Å². The molecule has 2 atom stereocenters. The number of alkyl halides is 2. The molecule has 0 spiro atoms. The molecule has 2 unspecified atom stereocenters. The molecule has 0 radical (unpaired) electrons. The van der Waals surface area contributed by atoms with Gasteiger partial charge in [-0.2, -0.15) is 0 Å². The lowest BCUT2D eigenvalue weighted by Gasteiger charge is -2.12. The molecule has 0 nitrogen and oxygen atoms in total. The van der Waals surface area contributed by atoms with Crippen molar-refractivity contribution in [3.8, 4) is 0 Å². The van der Waals surface area contributed by atoms with Gasteiger partial charge in [-0.05, 0) is 12.8 Å². The van der Waals surface area contributed by atoms with Crippen LogP contribution in [0.4, 0.5) is 0 Å². The predicted molar refractivity (Wildman–Crippen MR) is 54.0 cm³/mol. The fourth-order valence-corrected chi connectivity index (χ4v) is 1.95. The minimum Gasteiger partial charge on any atom is -0.0781 e. The van der Waals surface area contributed by atoms with Crippen LogP contribution >= 0.6 is 45.2 Å². The topological polar surface area (TPSA) is 0 Å². The second-order valence-electron chi connectivity index (χ2n) is 1.99. The Balaban J connectivity index is 2.42. The number of rotatable bonds is 0. The van der Waals surface area contributed by atoms with Crippen molar-refractivity contribution in [3.05, 3.63) is 12.2 Å². The molecule has 1 rings (SSSR count). The fraction of sp³-hybridized carbons (Fsp3) is 0.667. The standard InChI is InChI=1S/C6H8I2/c7-5-1-2-6(8)4-3-5/h1-2,5-6H,3-4H2. The van der Waals surface area contributed by atoms with Gasteiger partial charge in [0, 0.05) is 7.85 Å². The first-order chi connectivity index (χ1) is 3.79. The van der Waals surface area contributed by atoms with E-state index in [1.165, 1.54) is 12.8 Å². The van der Waals surface area contributed by atoms with Gasteiger partial charge >= 0.3 is 0 Å². The summed E-state index contributed by atoms with van der Waals surface area (Å²) in [5.74, 6) is 0. The first-order valence-corrected chi connectivity index (χ1v) is 5.24. The molecule has 46 valence electrons. The van der Waals surface area contributed by atoms with E-state index in [0.29, 0.717) is 0 Å². The average Bonchev–Trinajstić information content (AvgIpc) is 1.77. The SMILES string of the molecule is IC1C=CC(I)CC1. The summed E-state index contributed by atoms with van der Waals surface area (Å²) in [6, 6.07) is 0. The second kappa shape index (κ2) is 3.39. The van der Waals surface area contributed by atoms with Gasteiger partial charge in [0.2, 0.25) is 0 Å². The van der Waals surface area contributed by atoms with Crippen molar-refractivity contribution in [2.75, 3.05) is 0 Å². The molecular formula is C6H8I2. The molecule has 0 aliphatic heterocycles. The highest BCUT2D eigenvalue weighted by Gasteiger charge is 2.08. The van der Waals surface area contributed by atoms with Crippen molar-refractivity contribution in [2.45, 2.75) is 20.7 Å². The number of hydrogen-bond donors (Lipinski definition) is 0. The van der Waals surface area contributed by atoms with Gasteiger partial charge in [-0.1, -0.05) is 57.3 Å². The van der Waals surface area contributed by atoms with Gasteiger partial charge in [0.15, 0.2) is 0 Å². The zero-order chi connectivity index (χ0) is 5.98. The Labute approximate surface area is 77.4 Å². The van der Waals surface area contributed by atoms with Gasteiger partial charge in [0.05, 0.1) is 0 Å². The lowest BCUT2D eigenvalue weighted by atomic mass is 10.1. The van der Waals surface area contributed by atoms with Crippen LogP contribution in [0.1, 0.15) is 12.8 Å². The molecule has 1 aliphatic carbocycles. The summed E-state index contributed by atoms with van der Waals surface area (Å²) in [5.41, 5.74) is 0. The highest BCUT2D eigenvalue weighted by Crippen LogP contribution is 2.22. The van der Waals surface area contributed by atoms with Crippen LogP contribution in [0.2, 0.25) is 0 Å². The van der Waals surface area contributed by atoms with Crippen LogP contribution < -0.4 is 0 Å². The quantitative estimate of drug-likeness (QED) is 0.363. The Kier molecular flexibility index (Phi) is 3.10. The summed E-state index contributed by atoms with van der Waals surface area (Å²) in [4.78, 5) is 0. The molecule has 8 heavy (non-hydrogen) atoms. The first-order valence-electron chi connectivity index (χ1n) is 2.75. The molecule has 0 fully saturated rings. The van der Waals surface area contributed by atoms with E-state index in [2.05, 4.69) is 57.3 Å². The van der Waals surface area contributed by atoms with Crippen molar-refractivity contribution in [3.63, 3.8) is 0 Å². The van der Waals surface area contributed by atoms with E-state index in [9.17, 15) is 0 Å². The third-order valence-corrected chi connectivity index (χ3v) is 3.32. The summed E-state index contributed by atoms with van der Waals surface area (Å²) in [6.07, 6.45) is 7.34. The Morgan fingerprint density at radius 3 is 1.62 bits per heavy atom. The van der Waals surface area contributed by atoms with Crippen molar-refractivity contribution >= 4 is 45.2 Å².